The van der Waals surface area contributed by atoms with E-state index in [0.717, 1.165) is 34.6 Å². The van der Waals surface area contributed by atoms with Gasteiger partial charge >= 0.3 is 12.1 Å². The number of hydrogen-bond acceptors (Lipinski definition) is 4. The van der Waals surface area contributed by atoms with Gasteiger partial charge in [-0.2, -0.15) is 13.2 Å². The summed E-state index contributed by atoms with van der Waals surface area (Å²) in [7, 11) is -4.61. The Labute approximate surface area is 220 Å². The van der Waals surface area contributed by atoms with E-state index in [4.69, 9.17) is 4.74 Å². The number of carboxylic acid groups (broad SMARTS) is 1. The van der Waals surface area contributed by atoms with Crippen molar-refractivity contribution >= 4 is 21.7 Å². The Balaban J connectivity index is 1.61. The van der Waals surface area contributed by atoms with Gasteiger partial charge in [0.05, 0.1) is 28.1 Å². The molecule has 1 aliphatic heterocycles. The molecule has 0 bridgehead atoms. The van der Waals surface area contributed by atoms with E-state index in [-0.39, 0.29) is 35.5 Å². The molecular weight excluding hydrogens is 545 g/mol. The first-order chi connectivity index (χ1) is 18.3. The SMILES string of the molecule is O=C(O)C1(CC2CN(S(=O)(=O)c3cccc(C(F)(F)F)c3)c3cc(-c4cc(F)cc(F)c4)ccc3O2)CCC1. The highest BCUT2D eigenvalue weighted by molar-refractivity contribution is 7.92. The topological polar surface area (TPSA) is 83.9 Å². The van der Waals surface area contributed by atoms with Crippen LogP contribution >= 0.6 is 0 Å². The van der Waals surface area contributed by atoms with Crippen LogP contribution in [0.4, 0.5) is 27.6 Å². The maximum Gasteiger partial charge on any atom is 0.416 e. The second-order valence-electron chi connectivity index (χ2n) is 9.79. The molecule has 5 rings (SSSR count). The van der Waals surface area contributed by atoms with Crippen molar-refractivity contribution in [1.82, 2.24) is 0 Å². The summed E-state index contributed by atoms with van der Waals surface area (Å²) in [5.74, 6) is -2.69. The predicted octanol–water partition coefficient (Wildman–Crippen LogP) is 6.25. The van der Waals surface area contributed by atoms with Gasteiger partial charge in [0.15, 0.2) is 0 Å². The van der Waals surface area contributed by atoms with Crippen molar-refractivity contribution < 1.29 is 45.0 Å². The first-order valence-corrected chi connectivity index (χ1v) is 13.4. The zero-order valence-electron chi connectivity index (χ0n) is 20.2. The van der Waals surface area contributed by atoms with E-state index in [1.165, 1.54) is 18.2 Å². The van der Waals surface area contributed by atoms with Crippen LogP contribution in [0, 0.1) is 17.0 Å². The molecule has 39 heavy (non-hydrogen) atoms. The summed E-state index contributed by atoms with van der Waals surface area (Å²) in [6, 6.07) is 10.2. The highest BCUT2D eigenvalue weighted by atomic mass is 32.2. The van der Waals surface area contributed by atoms with Crippen LogP contribution < -0.4 is 9.04 Å². The largest absolute Gasteiger partial charge is 0.486 e. The average Bonchev–Trinajstić information content (AvgIpc) is 2.84. The molecule has 0 radical (unpaired) electrons. The summed E-state index contributed by atoms with van der Waals surface area (Å²) in [6.07, 6.45) is -4.24. The van der Waals surface area contributed by atoms with Gasteiger partial charge in [0.1, 0.15) is 23.5 Å². The Morgan fingerprint density at radius 2 is 1.69 bits per heavy atom. The van der Waals surface area contributed by atoms with Gasteiger partial charge in [-0.05, 0) is 66.4 Å². The second kappa shape index (κ2) is 9.51. The van der Waals surface area contributed by atoms with Crippen molar-refractivity contribution in [2.45, 2.75) is 42.9 Å². The van der Waals surface area contributed by atoms with Crippen molar-refractivity contribution in [1.29, 1.82) is 0 Å². The molecule has 1 fully saturated rings. The van der Waals surface area contributed by atoms with E-state index >= 15 is 0 Å². The van der Waals surface area contributed by atoms with E-state index in [2.05, 4.69) is 0 Å². The van der Waals surface area contributed by atoms with Gasteiger partial charge in [-0.25, -0.2) is 17.2 Å². The summed E-state index contributed by atoms with van der Waals surface area (Å²) in [4.78, 5) is 11.3. The number of rotatable bonds is 6. The van der Waals surface area contributed by atoms with Crippen LogP contribution in [0.25, 0.3) is 11.1 Å². The molecule has 0 aromatic heterocycles. The number of nitrogens with zero attached hydrogens (tertiary/aromatic N) is 1. The number of anilines is 1. The first-order valence-electron chi connectivity index (χ1n) is 12.0. The van der Waals surface area contributed by atoms with Crippen molar-refractivity contribution in [2.75, 3.05) is 10.8 Å². The van der Waals surface area contributed by atoms with E-state index in [0.29, 0.717) is 31.4 Å². The summed E-state index contributed by atoms with van der Waals surface area (Å²) in [5, 5.41) is 9.77. The Morgan fingerprint density at radius 1 is 1.00 bits per heavy atom. The molecule has 0 amide bonds. The molecule has 6 nitrogen and oxygen atoms in total. The Kier molecular flexibility index (Phi) is 6.56. The number of alkyl halides is 3. The summed E-state index contributed by atoms with van der Waals surface area (Å²) >= 11 is 0. The van der Waals surface area contributed by atoms with Crippen LogP contribution in [0.2, 0.25) is 0 Å². The molecule has 1 aliphatic carbocycles. The molecule has 206 valence electrons. The molecule has 1 saturated carbocycles. The van der Waals surface area contributed by atoms with Crippen LogP contribution in [0.1, 0.15) is 31.2 Å². The zero-order chi connectivity index (χ0) is 28.2. The monoisotopic (exact) mass is 567 g/mol. The van der Waals surface area contributed by atoms with Crippen molar-refractivity contribution in [3.63, 3.8) is 0 Å². The lowest BCUT2D eigenvalue weighted by Crippen LogP contribution is -2.49. The predicted molar refractivity (Wildman–Crippen MR) is 131 cm³/mol. The number of halogens is 5. The van der Waals surface area contributed by atoms with Crippen LogP contribution in [0.15, 0.2) is 65.6 Å². The average molecular weight is 568 g/mol. The number of hydrogen-bond donors (Lipinski definition) is 1. The highest BCUT2D eigenvalue weighted by Gasteiger charge is 2.48. The van der Waals surface area contributed by atoms with E-state index in [1.807, 2.05) is 0 Å². The minimum absolute atomic E-state index is 0.00670. The first kappa shape index (κ1) is 26.9. The molecule has 3 aromatic rings. The van der Waals surface area contributed by atoms with Gasteiger partial charge in [-0.1, -0.05) is 18.6 Å². The van der Waals surface area contributed by atoms with E-state index in [9.17, 15) is 40.3 Å². The second-order valence-corrected chi connectivity index (χ2v) is 11.6. The number of benzene rings is 3. The maximum absolute atomic E-state index is 13.9. The fourth-order valence-electron chi connectivity index (χ4n) is 5.05. The summed E-state index contributed by atoms with van der Waals surface area (Å²) in [5.41, 5.74) is -1.96. The Bertz CT molecular complexity index is 1530. The molecule has 0 saturated heterocycles. The lowest BCUT2D eigenvalue weighted by Gasteiger charge is -2.43. The molecule has 2 aliphatic rings. The number of sulfonamides is 1. The van der Waals surface area contributed by atoms with Crippen molar-refractivity contribution in [2.24, 2.45) is 5.41 Å². The van der Waals surface area contributed by atoms with Crippen molar-refractivity contribution in [3.8, 4) is 16.9 Å². The van der Waals surface area contributed by atoms with Crippen LogP contribution in [-0.2, 0) is 21.0 Å². The highest BCUT2D eigenvalue weighted by Crippen LogP contribution is 2.48. The number of aliphatic carboxylic acids is 1. The normalized spacial score (nSPS) is 18.6. The summed E-state index contributed by atoms with van der Waals surface area (Å²) < 4.78 is 102. The molecule has 1 heterocycles. The number of ether oxygens (including phenoxy) is 1. The quantitative estimate of drug-likeness (QED) is 0.356. The lowest BCUT2D eigenvalue weighted by atomic mass is 9.65. The van der Waals surface area contributed by atoms with E-state index < -0.39 is 55.8 Å². The fourth-order valence-corrected chi connectivity index (χ4v) is 6.60. The third-order valence-electron chi connectivity index (χ3n) is 7.22. The van der Waals surface area contributed by atoms with Crippen LogP contribution in [0.3, 0.4) is 0 Å². The third kappa shape index (κ3) is 5.05. The molecule has 1 unspecified atom stereocenters. The fraction of sp³-hybridized carbons (Fsp3) is 0.296. The standard InChI is InChI=1S/C27H22F5NO5S/c28-19-9-17(10-20(29)13-19)16-5-6-24-23(11-16)33(15-21(38-24)14-26(25(34)35)7-2-8-26)39(36,37)22-4-1-3-18(12-22)27(30,31)32/h1,3-6,9-13,21H,2,7-8,14-15H2,(H,34,35). The zero-order valence-corrected chi connectivity index (χ0v) is 21.0. The molecule has 0 spiro atoms. The third-order valence-corrected chi connectivity index (χ3v) is 8.99. The van der Waals surface area contributed by atoms with Gasteiger partial charge in [0.25, 0.3) is 10.0 Å². The minimum Gasteiger partial charge on any atom is -0.486 e. The number of fused-ring (bicyclic) bond motifs is 1. The summed E-state index contributed by atoms with van der Waals surface area (Å²) in [6.45, 7) is -0.373. The van der Waals surface area contributed by atoms with Gasteiger partial charge in [0.2, 0.25) is 0 Å². The van der Waals surface area contributed by atoms with Gasteiger partial charge in [-0.3, -0.25) is 9.10 Å². The smallest absolute Gasteiger partial charge is 0.416 e. The van der Waals surface area contributed by atoms with Crippen LogP contribution in [-0.4, -0.2) is 32.1 Å². The Morgan fingerprint density at radius 3 is 2.28 bits per heavy atom. The molecule has 1 N–H and O–H groups in total. The van der Waals surface area contributed by atoms with Crippen LogP contribution in [0.5, 0.6) is 5.75 Å². The molecular formula is C27H22F5NO5S. The van der Waals surface area contributed by atoms with E-state index in [1.54, 1.807) is 0 Å². The van der Waals surface area contributed by atoms with Gasteiger partial charge < -0.3 is 9.84 Å². The molecule has 3 aromatic carbocycles. The lowest BCUT2D eigenvalue weighted by molar-refractivity contribution is -0.156. The number of carbonyl (C=O) groups is 1. The van der Waals surface area contributed by atoms with Gasteiger partial charge in [0, 0.05) is 12.5 Å². The molecule has 12 heteroatoms. The van der Waals surface area contributed by atoms with Crippen molar-refractivity contribution in [3.05, 3.63) is 77.9 Å². The minimum atomic E-state index is -4.79. The molecule has 1 atom stereocenters. The Hall–Kier alpha value is -3.67. The van der Waals surface area contributed by atoms with Gasteiger partial charge in [-0.15, -0.1) is 0 Å². The maximum atomic E-state index is 13.9. The number of carboxylic acids is 1.